The topological polar surface area (TPSA) is 72.8 Å². The highest BCUT2D eigenvalue weighted by molar-refractivity contribution is 5.75. The monoisotopic (exact) mass is 442 g/mol. The Hall–Kier alpha value is -0.650. The van der Waals surface area contributed by atoms with Gasteiger partial charge < -0.3 is 10.2 Å². The molecule has 0 rings (SSSR count). The highest BCUT2D eigenvalue weighted by Crippen LogP contribution is 2.14. The molecule has 0 aromatic carbocycles. The largest absolute Gasteiger partial charge is 0.377 e. The summed E-state index contributed by atoms with van der Waals surface area (Å²) in [5.41, 5.74) is 2.57. The molecular weight excluding hydrogens is 388 g/mol. The summed E-state index contributed by atoms with van der Waals surface area (Å²) < 4.78 is 0. The van der Waals surface area contributed by atoms with Crippen LogP contribution in [0.5, 0.6) is 0 Å². The van der Waals surface area contributed by atoms with Crippen LogP contribution in [-0.4, -0.2) is 33.6 Å². The van der Waals surface area contributed by atoms with Gasteiger partial charge in [-0.15, -0.1) is 0 Å². The number of aliphatic hydroxyl groups is 2. The summed E-state index contributed by atoms with van der Waals surface area (Å²) in [7, 11) is 0. The van der Waals surface area contributed by atoms with E-state index in [9.17, 15) is 15.0 Å². The van der Waals surface area contributed by atoms with Crippen molar-refractivity contribution in [1.82, 2.24) is 10.4 Å². The number of amides is 1. The van der Waals surface area contributed by atoms with Crippen molar-refractivity contribution >= 4 is 5.91 Å². The Bertz CT molecular complexity index is 381. The summed E-state index contributed by atoms with van der Waals surface area (Å²) >= 11 is 0. The predicted molar refractivity (Wildman–Crippen MR) is 131 cm³/mol. The zero-order valence-corrected chi connectivity index (χ0v) is 21.0. The van der Waals surface area contributed by atoms with Gasteiger partial charge in [0.15, 0.2) is 0 Å². The van der Waals surface area contributed by atoms with Crippen LogP contribution in [0, 0.1) is 0 Å². The fourth-order valence-electron chi connectivity index (χ4n) is 4.06. The second-order valence-corrected chi connectivity index (χ2v) is 9.32. The third-order valence-corrected chi connectivity index (χ3v) is 6.07. The van der Waals surface area contributed by atoms with Crippen molar-refractivity contribution in [3.05, 3.63) is 0 Å². The first-order valence-electron chi connectivity index (χ1n) is 13.4. The third-order valence-electron chi connectivity index (χ3n) is 6.07. The number of unbranched alkanes of at least 4 members (excludes halogenated alkanes) is 18. The quantitative estimate of drug-likeness (QED) is 0.0922. The van der Waals surface area contributed by atoms with Crippen molar-refractivity contribution in [2.45, 2.75) is 162 Å². The molecule has 0 spiro atoms. The van der Waals surface area contributed by atoms with E-state index >= 15 is 0 Å². The first kappa shape index (κ1) is 30.4. The summed E-state index contributed by atoms with van der Waals surface area (Å²) in [4.78, 5) is 11.9. The fraction of sp³-hybridized carbons (Fsp3) is 0.962. The van der Waals surface area contributed by atoms with Gasteiger partial charge in [0.25, 0.3) is 0 Å². The molecule has 0 aliphatic heterocycles. The molecule has 0 bridgehead atoms. The van der Waals surface area contributed by atoms with E-state index < -0.39 is 12.5 Å². The minimum Gasteiger partial charge on any atom is -0.377 e. The molecule has 0 radical (unpaired) electrons. The number of hydrogen-bond acceptors (Lipinski definition) is 4. The maximum atomic E-state index is 11.9. The Kier molecular flexibility index (Phi) is 22.1. The lowest BCUT2D eigenvalue weighted by atomic mass is 10.0. The molecule has 0 saturated heterocycles. The van der Waals surface area contributed by atoms with Gasteiger partial charge in [-0.3, -0.25) is 10.2 Å². The first-order valence-corrected chi connectivity index (χ1v) is 13.4. The molecule has 2 atom stereocenters. The fourth-order valence-corrected chi connectivity index (χ4v) is 4.06. The van der Waals surface area contributed by atoms with Crippen LogP contribution in [0.2, 0.25) is 0 Å². The predicted octanol–water partition coefficient (Wildman–Crippen LogP) is 6.82. The maximum Gasteiger partial charge on any atom is 0.234 e. The molecule has 5 nitrogen and oxygen atoms in total. The molecular formula is C26H54N2O3. The van der Waals surface area contributed by atoms with Crippen LogP contribution < -0.4 is 5.43 Å². The molecule has 186 valence electrons. The van der Waals surface area contributed by atoms with Gasteiger partial charge in [-0.05, 0) is 20.3 Å². The van der Waals surface area contributed by atoms with E-state index in [4.69, 9.17) is 0 Å². The minimum absolute atomic E-state index is 0.145. The van der Waals surface area contributed by atoms with Crippen molar-refractivity contribution in [2.75, 3.05) is 0 Å². The SMILES string of the molecule is CCCCCCCCCCCCCCCCCCCCCC(=O)NN(C(C)O)C(C)O. The normalized spacial score (nSPS) is 13.5. The Morgan fingerprint density at radius 2 is 0.903 bits per heavy atom. The van der Waals surface area contributed by atoms with Gasteiger partial charge in [0.2, 0.25) is 5.91 Å². The molecule has 0 heterocycles. The molecule has 0 aliphatic carbocycles. The van der Waals surface area contributed by atoms with Crippen LogP contribution in [0.15, 0.2) is 0 Å². The Balaban J connectivity index is 3.27. The van der Waals surface area contributed by atoms with Crippen LogP contribution >= 0.6 is 0 Å². The van der Waals surface area contributed by atoms with E-state index in [1.807, 2.05) is 0 Å². The number of rotatable bonds is 23. The maximum absolute atomic E-state index is 11.9. The highest BCUT2D eigenvalue weighted by Gasteiger charge is 2.18. The van der Waals surface area contributed by atoms with Crippen molar-refractivity contribution in [3.63, 3.8) is 0 Å². The molecule has 31 heavy (non-hydrogen) atoms. The number of aliphatic hydroxyl groups excluding tert-OH is 2. The van der Waals surface area contributed by atoms with Crippen molar-refractivity contribution < 1.29 is 15.0 Å². The average molecular weight is 443 g/mol. The number of nitrogens with one attached hydrogen (secondary N) is 1. The number of hydrogen-bond donors (Lipinski definition) is 3. The molecule has 0 aromatic rings. The first-order chi connectivity index (χ1) is 15.0. The third kappa shape index (κ3) is 21.0. The number of nitrogens with zero attached hydrogens (tertiary/aromatic N) is 1. The highest BCUT2D eigenvalue weighted by atomic mass is 16.3. The Labute approximate surface area is 193 Å². The van der Waals surface area contributed by atoms with Crippen molar-refractivity contribution in [3.8, 4) is 0 Å². The second kappa shape index (κ2) is 22.5. The summed E-state index contributed by atoms with van der Waals surface area (Å²) in [6.45, 7) is 5.32. The minimum atomic E-state index is -0.908. The summed E-state index contributed by atoms with van der Waals surface area (Å²) in [6.07, 6.45) is 24.0. The zero-order valence-electron chi connectivity index (χ0n) is 21.0. The smallest absolute Gasteiger partial charge is 0.234 e. The standard InChI is InChI=1S/C26H54N2O3/c1-4-5-6-7-8-9-10-11-12-13-14-15-16-17-18-19-20-21-22-23-26(31)27-28(24(2)29)25(3)30/h24-25,29-30H,4-23H2,1-3H3,(H,27,31). The van der Waals surface area contributed by atoms with E-state index in [-0.39, 0.29) is 5.91 Å². The summed E-state index contributed by atoms with van der Waals surface area (Å²) in [6, 6.07) is 0. The van der Waals surface area contributed by atoms with Gasteiger partial charge >= 0.3 is 0 Å². The lowest BCUT2D eigenvalue weighted by molar-refractivity contribution is -0.149. The lowest BCUT2D eigenvalue weighted by Crippen LogP contribution is -2.52. The van der Waals surface area contributed by atoms with Crippen LogP contribution in [0.4, 0.5) is 0 Å². The van der Waals surface area contributed by atoms with Crippen LogP contribution in [0.1, 0.15) is 149 Å². The molecule has 1 amide bonds. The van der Waals surface area contributed by atoms with Crippen molar-refractivity contribution in [2.24, 2.45) is 0 Å². The van der Waals surface area contributed by atoms with Crippen LogP contribution in [0.25, 0.3) is 0 Å². The van der Waals surface area contributed by atoms with Gasteiger partial charge in [0, 0.05) is 6.42 Å². The molecule has 5 heteroatoms. The molecule has 0 saturated carbocycles. The Morgan fingerprint density at radius 1 is 0.613 bits per heavy atom. The van der Waals surface area contributed by atoms with Crippen LogP contribution in [-0.2, 0) is 4.79 Å². The Morgan fingerprint density at radius 3 is 1.19 bits per heavy atom. The van der Waals surface area contributed by atoms with Gasteiger partial charge in [-0.2, -0.15) is 5.01 Å². The summed E-state index contributed by atoms with van der Waals surface area (Å²) in [5, 5.41) is 20.2. The van der Waals surface area contributed by atoms with E-state index in [1.54, 1.807) is 0 Å². The molecule has 0 aliphatic rings. The van der Waals surface area contributed by atoms with E-state index in [0.29, 0.717) is 6.42 Å². The van der Waals surface area contributed by atoms with E-state index in [0.717, 1.165) is 17.9 Å². The molecule has 2 unspecified atom stereocenters. The van der Waals surface area contributed by atoms with Gasteiger partial charge in [-0.25, -0.2) is 0 Å². The molecule has 0 aromatic heterocycles. The van der Waals surface area contributed by atoms with Gasteiger partial charge in [-0.1, -0.05) is 122 Å². The zero-order chi connectivity index (χ0) is 23.2. The van der Waals surface area contributed by atoms with Crippen molar-refractivity contribution in [1.29, 1.82) is 0 Å². The van der Waals surface area contributed by atoms with E-state index in [1.165, 1.54) is 123 Å². The van der Waals surface area contributed by atoms with E-state index in [2.05, 4.69) is 12.3 Å². The van der Waals surface area contributed by atoms with Gasteiger partial charge in [0.1, 0.15) is 12.5 Å². The number of hydrazine groups is 1. The molecule has 3 N–H and O–H groups in total. The number of carbonyl (C=O) groups is 1. The van der Waals surface area contributed by atoms with Gasteiger partial charge in [0.05, 0.1) is 0 Å². The second-order valence-electron chi connectivity index (χ2n) is 9.32. The van der Waals surface area contributed by atoms with Crippen LogP contribution in [0.3, 0.4) is 0 Å². The molecule has 0 fully saturated rings. The lowest BCUT2D eigenvalue weighted by Gasteiger charge is -2.28. The number of carbonyl (C=O) groups excluding carboxylic acids is 1. The average Bonchev–Trinajstić information content (AvgIpc) is 2.73. The summed E-state index contributed by atoms with van der Waals surface area (Å²) in [5.74, 6) is -0.145.